The van der Waals surface area contributed by atoms with Gasteiger partial charge in [0.1, 0.15) is 10.8 Å². The summed E-state index contributed by atoms with van der Waals surface area (Å²) in [5, 5.41) is 11.0. The zero-order valence-electron chi connectivity index (χ0n) is 19.4. The van der Waals surface area contributed by atoms with Crippen molar-refractivity contribution in [3.63, 3.8) is 0 Å². The van der Waals surface area contributed by atoms with Gasteiger partial charge in [0.05, 0.1) is 9.82 Å². The fourth-order valence-electron chi connectivity index (χ4n) is 3.87. The summed E-state index contributed by atoms with van der Waals surface area (Å²) in [5.74, 6) is -0.316. The average Bonchev–Trinajstić information content (AvgIpc) is 2.83. The van der Waals surface area contributed by atoms with Crippen LogP contribution in [0, 0.1) is 15.9 Å². The molecular formula is C23H28ClFN4O5S. The molecule has 1 fully saturated rings. The van der Waals surface area contributed by atoms with Crippen molar-refractivity contribution in [1.82, 2.24) is 14.1 Å². The van der Waals surface area contributed by atoms with Gasteiger partial charge in [-0.1, -0.05) is 30.7 Å². The zero-order chi connectivity index (χ0) is 25.6. The van der Waals surface area contributed by atoms with Crippen LogP contribution in [0.4, 0.5) is 10.1 Å². The SMILES string of the molecule is CCCC(=O)N(CCN1CCN(S(=O)(=O)c2ccc(Cl)c([N+](=O)[O-])c2)CC1)Cc1ccc(F)cc1. The molecule has 0 spiro atoms. The molecule has 9 nitrogen and oxygen atoms in total. The first-order valence-electron chi connectivity index (χ1n) is 11.3. The number of hydrogen-bond donors (Lipinski definition) is 0. The molecule has 0 aliphatic carbocycles. The number of nitro groups is 1. The van der Waals surface area contributed by atoms with Crippen LogP contribution in [-0.4, -0.2) is 72.6 Å². The van der Waals surface area contributed by atoms with Gasteiger partial charge in [-0.3, -0.25) is 19.8 Å². The molecule has 190 valence electrons. The van der Waals surface area contributed by atoms with Crippen molar-refractivity contribution in [2.24, 2.45) is 0 Å². The lowest BCUT2D eigenvalue weighted by Gasteiger charge is -2.35. The van der Waals surface area contributed by atoms with Gasteiger partial charge >= 0.3 is 0 Å². The lowest BCUT2D eigenvalue weighted by Crippen LogP contribution is -2.50. The van der Waals surface area contributed by atoms with Crippen LogP contribution >= 0.6 is 11.6 Å². The number of amides is 1. The van der Waals surface area contributed by atoms with Crippen LogP contribution in [0.1, 0.15) is 25.3 Å². The number of halogens is 2. The topological polar surface area (TPSA) is 104 Å². The van der Waals surface area contributed by atoms with Gasteiger partial charge in [0, 0.05) is 58.3 Å². The molecule has 1 aliphatic rings. The average molecular weight is 527 g/mol. The van der Waals surface area contributed by atoms with Crippen LogP contribution in [0.3, 0.4) is 0 Å². The second-order valence-electron chi connectivity index (χ2n) is 8.31. The molecule has 0 N–H and O–H groups in total. The Kier molecular flexibility index (Phi) is 9.17. The predicted octanol–water partition coefficient (Wildman–Crippen LogP) is 3.52. The quantitative estimate of drug-likeness (QED) is 0.346. The first kappa shape index (κ1) is 27.0. The number of piperazine rings is 1. The number of hydrogen-bond acceptors (Lipinski definition) is 6. The first-order chi connectivity index (χ1) is 16.6. The molecule has 35 heavy (non-hydrogen) atoms. The fourth-order valence-corrected chi connectivity index (χ4v) is 5.50. The summed E-state index contributed by atoms with van der Waals surface area (Å²) < 4.78 is 40.5. The van der Waals surface area contributed by atoms with E-state index in [2.05, 4.69) is 4.90 Å². The third kappa shape index (κ3) is 6.97. The van der Waals surface area contributed by atoms with Gasteiger partial charge in [-0.15, -0.1) is 0 Å². The summed E-state index contributed by atoms with van der Waals surface area (Å²) in [6.07, 6.45) is 1.14. The third-order valence-electron chi connectivity index (χ3n) is 5.87. The molecular weight excluding hydrogens is 499 g/mol. The lowest BCUT2D eigenvalue weighted by molar-refractivity contribution is -0.384. The fraction of sp³-hybridized carbons (Fsp3) is 0.435. The molecule has 2 aromatic carbocycles. The molecule has 12 heteroatoms. The number of nitro benzene ring substituents is 1. The molecule has 1 aliphatic heterocycles. The van der Waals surface area contributed by atoms with E-state index in [0.717, 1.165) is 18.1 Å². The Balaban J connectivity index is 1.60. The van der Waals surface area contributed by atoms with Crippen molar-refractivity contribution < 1.29 is 22.5 Å². The van der Waals surface area contributed by atoms with E-state index in [0.29, 0.717) is 39.1 Å². The lowest BCUT2D eigenvalue weighted by atomic mass is 10.2. The molecule has 2 aromatic rings. The number of rotatable bonds is 10. The second-order valence-corrected chi connectivity index (χ2v) is 10.7. The Hall–Kier alpha value is -2.60. The van der Waals surface area contributed by atoms with Gasteiger partial charge in [0.25, 0.3) is 5.69 Å². The third-order valence-corrected chi connectivity index (χ3v) is 8.09. The summed E-state index contributed by atoms with van der Waals surface area (Å²) in [4.78, 5) is 26.7. The van der Waals surface area contributed by atoms with E-state index in [-0.39, 0.29) is 34.7 Å². The minimum Gasteiger partial charge on any atom is -0.337 e. The Bertz CT molecular complexity index is 1160. The highest BCUT2D eigenvalue weighted by atomic mass is 35.5. The van der Waals surface area contributed by atoms with E-state index >= 15 is 0 Å². The first-order valence-corrected chi connectivity index (χ1v) is 13.1. The van der Waals surface area contributed by atoms with Crippen LogP contribution in [0.15, 0.2) is 47.4 Å². The van der Waals surface area contributed by atoms with Crippen LogP contribution in [0.2, 0.25) is 5.02 Å². The summed E-state index contributed by atoms with van der Waals surface area (Å²) in [6.45, 7) is 4.71. The molecule has 0 unspecified atom stereocenters. The van der Waals surface area contributed by atoms with Gasteiger partial charge in [0.15, 0.2) is 0 Å². The van der Waals surface area contributed by atoms with Gasteiger partial charge < -0.3 is 4.90 Å². The highest BCUT2D eigenvalue weighted by Gasteiger charge is 2.30. The van der Waals surface area contributed by atoms with Crippen molar-refractivity contribution >= 4 is 33.2 Å². The molecule has 0 radical (unpaired) electrons. The Morgan fingerprint density at radius 3 is 2.40 bits per heavy atom. The summed E-state index contributed by atoms with van der Waals surface area (Å²) >= 11 is 5.80. The van der Waals surface area contributed by atoms with Crippen LogP contribution in [-0.2, 0) is 21.4 Å². The molecule has 3 rings (SSSR count). The van der Waals surface area contributed by atoms with Crippen LogP contribution < -0.4 is 0 Å². The van der Waals surface area contributed by atoms with Crippen molar-refractivity contribution in [2.75, 3.05) is 39.3 Å². The van der Waals surface area contributed by atoms with Gasteiger partial charge in [-0.2, -0.15) is 4.31 Å². The normalized spacial score (nSPS) is 15.2. The van der Waals surface area contributed by atoms with Gasteiger partial charge in [-0.05, 0) is 36.2 Å². The Morgan fingerprint density at radius 1 is 1.14 bits per heavy atom. The summed E-state index contributed by atoms with van der Waals surface area (Å²) in [7, 11) is -3.91. The van der Waals surface area contributed by atoms with Crippen LogP contribution in [0.5, 0.6) is 0 Å². The number of benzene rings is 2. The number of carbonyl (C=O) groups is 1. The zero-order valence-corrected chi connectivity index (χ0v) is 21.0. The van der Waals surface area contributed by atoms with Gasteiger partial charge in [-0.25, -0.2) is 12.8 Å². The molecule has 0 saturated carbocycles. The van der Waals surface area contributed by atoms with Crippen molar-refractivity contribution in [2.45, 2.75) is 31.2 Å². The minimum absolute atomic E-state index is 0.0161. The monoisotopic (exact) mass is 526 g/mol. The van der Waals surface area contributed by atoms with E-state index < -0.39 is 20.6 Å². The Labute approximate surface area is 209 Å². The van der Waals surface area contributed by atoms with Gasteiger partial charge in [0.2, 0.25) is 15.9 Å². The second kappa shape index (κ2) is 11.9. The number of carbonyl (C=O) groups excluding carboxylic acids is 1. The number of nitrogens with zero attached hydrogens (tertiary/aromatic N) is 4. The van der Waals surface area contributed by atoms with Crippen molar-refractivity contribution in [3.8, 4) is 0 Å². The highest BCUT2D eigenvalue weighted by Crippen LogP contribution is 2.29. The summed E-state index contributed by atoms with van der Waals surface area (Å²) in [6, 6.07) is 9.52. The van der Waals surface area contributed by atoms with E-state index in [1.54, 1.807) is 17.0 Å². The molecule has 1 heterocycles. The largest absolute Gasteiger partial charge is 0.337 e. The molecule has 1 saturated heterocycles. The molecule has 0 atom stereocenters. The molecule has 0 aromatic heterocycles. The highest BCUT2D eigenvalue weighted by molar-refractivity contribution is 7.89. The predicted molar refractivity (Wildman–Crippen MR) is 130 cm³/mol. The van der Waals surface area contributed by atoms with E-state index in [4.69, 9.17) is 11.6 Å². The number of sulfonamides is 1. The maximum absolute atomic E-state index is 13.2. The van der Waals surface area contributed by atoms with Crippen LogP contribution in [0.25, 0.3) is 0 Å². The molecule has 1 amide bonds. The maximum atomic E-state index is 13.2. The minimum atomic E-state index is -3.91. The van der Waals surface area contributed by atoms with Crippen molar-refractivity contribution in [3.05, 3.63) is 69.0 Å². The maximum Gasteiger partial charge on any atom is 0.289 e. The summed E-state index contributed by atoms with van der Waals surface area (Å²) in [5.41, 5.74) is 0.383. The standard InChI is InChI=1S/C23H28ClFN4O5S/c1-2-3-23(30)27(17-18-4-6-19(25)7-5-18)13-10-26-11-14-28(15-12-26)35(33,34)20-8-9-21(24)22(16-20)29(31)32/h4-9,16H,2-3,10-15,17H2,1H3. The van der Waals surface area contributed by atoms with E-state index in [1.807, 2.05) is 6.92 Å². The van der Waals surface area contributed by atoms with E-state index in [1.165, 1.54) is 28.6 Å². The van der Waals surface area contributed by atoms with Crippen molar-refractivity contribution in [1.29, 1.82) is 0 Å². The molecule has 0 bridgehead atoms. The smallest absolute Gasteiger partial charge is 0.289 e. The Morgan fingerprint density at radius 2 is 1.80 bits per heavy atom. The van der Waals surface area contributed by atoms with E-state index in [9.17, 15) is 27.7 Å².